The second-order valence-corrected chi connectivity index (χ2v) is 1.89. The fourth-order valence-electron chi connectivity index (χ4n) is 0. The first-order chi connectivity index (χ1) is 2.83. The van der Waals surface area contributed by atoms with E-state index >= 15 is 0 Å². The summed E-state index contributed by atoms with van der Waals surface area (Å²) in [5.74, 6) is 0. The highest BCUT2D eigenvalue weighted by molar-refractivity contribution is 8.38. The number of hydrogen-bond acceptors (Lipinski definition) is 2. The van der Waals surface area contributed by atoms with Gasteiger partial charge in [-0.05, 0) is 28.3 Å². The van der Waals surface area contributed by atoms with Gasteiger partial charge in [-0.3, -0.25) is 0 Å². The van der Waals surface area contributed by atoms with E-state index in [0.29, 0.717) is 10.2 Å². The minimum absolute atomic E-state index is 0.250. The Kier molecular flexibility index (Phi) is 28.1. The van der Waals surface area contributed by atoms with Crippen molar-refractivity contribution in [1.29, 1.82) is 0 Å². The van der Waals surface area contributed by atoms with E-state index in [0.717, 1.165) is 0 Å². The molecule has 0 saturated heterocycles. The Bertz CT molecular complexity index is 13.5. The number of halogens is 2. The largest absolute Gasteiger partial charge is 0.397 e. The molecule has 0 aliphatic heterocycles. The maximum Gasteiger partial charge on any atom is 0.0523 e. The lowest BCUT2D eigenvalue weighted by molar-refractivity contribution is 0.318. The molecule has 0 rings (SSSR count). The van der Waals surface area contributed by atoms with E-state index in [1.54, 1.807) is 6.92 Å². The zero-order valence-corrected chi connectivity index (χ0v) is 5.65. The Balaban J connectivity index is 0. The van der Waals surface area contributed by atoms with Gasteiger partial charge in [0, 0.05) is 6.61 Å². The first-order valence-electron chi connectivity index (χ1n) is 1.33. The van der Waals surface area contributed by atoms with Crippen LogP contribution in [-0.2, 0) is 0 Å². The first-order valence-corrected chi connectivity index (χ1v) is 3.80. The Morgan fingerprint density at radius 1 is 1.67 bits per heavy atom. The fraction of sp³-hybridized carbons (Fsp3) is 1.00. The Morgan fingerprint density at radius 3 is 1.67 bits per heavy atom. The highest BCUT2D eigenvalue weighted by Gasteiger charge is 1.43. The third kappa shape index (κ3) is 93.4. The minimum atomic E-state index is 0.250. The lowest BCUT2D eigenvalue weighted by Gasteiger charge is -1.52. The van der Waals surface area contributed by atoms with Gasteiger partial charge in [-0.25, -0.2) is 0 Å². The van der Waals surface area contributed by atoms with E-state index in [4.69, 9.17) is 5.11 Å². The standard InChI is InChI=1S/C2H6O.Cl2S/c1-2-3;1-3-2/h3H,2H2,1H3;. The van der Waals surface area contributed by atoms with Crippen molar-refractivity contribution in [3.63, 3.8) is 0 Å². The van der Waals surface area contributed by atoms with Crippen LogP contribution >= 0.6 is 31.6 Å². The molecule has 4 heteroatoms. The summed E-state index contributed by atoms with van der Waals surface area (Å²) in [6, 6.07) is 0. The number of aliphatic hydroxyl groups excluding tert-OH is 1. The molecule has 0 saturated carbocycles. The third-order valence-corrected chi connectivity index (χ3v) is 0. The molecule has 0 aromatic heterocycles. The van der Waals surface area contributed by atoms with E-state index in [1.807, 2.05) is 0 Å². The summed E-state index contributed by atoms with van der Waals surface area (Å²) in [6.07, 6.45) is 0. The second kappa shape index (κ2) is 16.9. The summed E-state index contributed by atoms with van der Waals surface area (Å²) in [5, 5.41) is 7.57. The summed E-state index contributed by atoms with van der Waals surface area (Å²) >= 11 is 0. The molecule has 0 bridgehead atoms. The van der Waals surface area contributed by atoms with Crippen molar-refractivity contribution in [2.24, 2.45) is 0 Å². The molecule has 0 atom stereocenters. The van der Waals surface area contributed by atoms with E-state index < -0.39 is 0 Å². The molecule has 0 heterocycles. The molecule has 0 unspecified atom stereocenters. The van der Waals surface area contributed by atoms with Crippen LogP contribution in [0.4, 0.5) is 0 Å². The van der Waals surface area contributed by atoms with Crippen molar-refractivity contribution < 1.29 is 5.11 Å². The number of aliphatic hydroxyl groups is 1. The zero-order valence-electron chi connectivity index (χ0n) is 3.32. The molecule has 0 amide bonds. The Morgan fingerprint density at radius 2 is 1.67 bits per heavy atom. The van der Waals surface area contributed by atoms with Crippen molar-refractivity contribution >= 4 is 31.6 Å². The Hall–Kier alpha value is 0.890. The molecule has 1 N–H and O–H groups in total. The monoisotopic (exact) mass is 148 g/mol. The highest BCUT2D eigenvalue weighted by atomic mass is 36.0. The lowest BCUT2D eigenvalue weighted by Crippen LogP contribution is -1.57. The van der Waals surface area contributed by atoms with Crippen LogP contribution in [0.1, 0.15) is 6.92 Å². The molecule has 6 heavy (non-hydrogen) atoms. The summed E-state index contributed by atoms with van der Waals surface area (Å²) in [4.78, 5) is 0. The third-order valence-electron chi connectivity index (χ3n) is 0. The van der Waals surface area contributed by atoms with E-state index in [-0.39, 0.29) is 6.61 Å². The van der Waals surface area contributed by atoms with Gasteiger partial charge in [0.25, 0.3) is 0 Å². The van der Waals surface area contributed by atoms with Crippen LogP contribution in [0.5, 0.6) is 0 Å². The summed E-state index contributed by atoms with van der Waals surface area (Å²) in [7, 11) is 10.1. The van der Waals surface area contributed by atoms with Crippen molar-refractivity contribution in [1.82, 2.24) is 0 Å². The molecular formula is C2H6Cl2OS. The van der Waals surface area contributed by atoms with Gasteiger partial charge in [0.1, 0.15) is 0 Å². The maximum absolute atomic E-state index is 7.57. The summed E-state index contributed by atoms with van der Waals surface area (Å²) in [5.41, 5.74) is 0. The van der Waals surface area contributed by atoms with E-state index in [9.17, 15) is 0 Å². The van der Waals surface area contributed by atoms with Gasteiger partial charge in [-0.2, -0.15) is 0 Å². The molecule has 0 aromatic carbocycles. The van der Waals surface area contributed by atoms with Crippen LogP contribution < -0.4 is 0 Å². The van der Waals surface area contributed by atoms with Crippen molar-refractivity contribution in [3.05, 3.63) is 0 Å². The van der Waals surface area contributed by atoms with Crippen LogP contribution in [-0.4, -0.2) is 11.7 Å². The zero-order chi connectivity index (χ0) is 5.41. The molecule has 0 spiro atoms. The van der Waals surface area contributed by atoms with Gasteiger partial charge >= 0.3 is 0 Å². The van der Waals surface area contributed by atoms with Crippen LogP contribution in [0, 0.1) is 0 Å². The normalized spacial score (nSPS) is 6.00. The van der Waals surface area contributed by atoms with Gasteiger partial charge in [0.05, 0.1) is 10.2 Å². The van der Waals surface area contributed by atoms with Gasteiger partial charge < -0.3 is 5.11 Å². The quantitative estimate of drug-likeness (QED) is 0.568. The van der Waals surface area contributed by atoms with Crippen LogP contribution in [0.2, 0.25) is 0 Å². The van der Waals surface area contributed by atoms with Gasteiger partial charge in [-0.15, -0.1) is 0 Å². The number of hydrogen-bond donors (Lipinski definition) is 1. The summed E-state index contributed by atoms with van der Waals surface area (Å²) in [6.45, 7) is 1.93. The Labute approximate surface area is 50.6 Å². The molecule has 0 fully saturated rings. The molecular weight excluding hydrogens is 143 g/mol. The van der Waals surface area contributed by atoms with E-state index in [2.05, 4.69) is 21.4 Å². The minimum Gasteiger partial charge on any atom is -0.397 e. The van der Waals surface area contributed by atoms with Crippen LogP contribution in [0.25, 0.3) is 0 Å². The first kappa shape index (κ1) is 10.00. The molecule has 40 valence electrons. The smallest absolute Gasteiger partial charge is 0.0523 e. The van der Waals surface area contributed by atoms with E-state index in [1.165, 1.54) is 0 Å². The van der Waals surface area contributed by atoms with Crippen molar-refractivity contribution in [2.75, 3.05) is 6.61 Å². The summed E-state index contributed by atoms with van der Waals surface area (Å²) < 4.78 is 0. The average molecular weight is 149 g/mol. The maximum atomic E-state index is 7.57. The van der Waals surface area contributed by atoms with Crippen molar-refractivity contribution in [2.45, 2.75) is 6.92 Å². The predicted molar refractivity (Wildman–Crippen MR) is 32.1 cm³/mol. The lowest BCUT2D eigenvalue weighted by atomic mass is 10.9. The van der Waals surface area contributed by atoms with Crippen LogP contribution in [0.15, 0.2) is 0 Å². The topological polar surface area (TPSA) is 20.2 Å². The second-order valence-electron chi connectivity index (χ2n) is 0.375. The molecule has 1 nitrogen and oxygen atoms in total. The van der Waals surface area contributed by atoms with Gasteiger partial charge in [0.2, 0.25) is 0 Å². The van der Waals surface area contributed by atoms with Crippen LogP contribution in [0.3, 0.4) is 0 Å². The molecule has 0 aliphatic carbocycles. The average Bonchev–Trinajstić information content (AvgIpc) is 1.39. The van der Waals surface area contributed by atoms with Gasteiger partial charge in [0.15, 0.2) is 0 Å². The predicted octanol–water partition coefficient (Wildman–Crippen LogP) is 2.03. The number of rotatable bonds is 0. The van der Waals surface area contributed by atoms with Gasteiger partial charge in [-0.1, -0.05) is 0 Å². The molecule has 0 aliphatic rings. The van der Waals surface area contributed by atoms with Crippen molar-refractivity contribution in [3.8, 4) is 0 Å². The molecule has 0 radical (unpaired) electrons. The molecule has 0 aromatic rings. The fourth-order valence-corrected chi connectivity index (χ4v) is 0. The highest BCUT2D eigenvalue weighted by Crippen LogP contribution is 2.08. The SMILES string of the molecule is CCO.ClSCl.